The van der Waals surface area contributed by atoms with Crippen molar-refractivity contribution < 1.29 is 19.4 Å². The highest BCUT2D eigenvalue weighted by Crippen LogP contribution is 2.32. The average molecular weight is 543 g/mol. The van der Waals surface area contributed by atoms with E-state index in [1.165, 1.54) is 11.1 Å². The number of nitrogens with one attached hydrogen (secondary N) is 3. The normalized spacial score (nSPS) is 16.4. The highest BCUT2D eigenvalue weighted by Gasteiger charge is 2.44. The fourth-order valence-corrected chi connectivity index (χ4v) is 5.34. The molecular weight excluding hydrogens is 512 g/mol. The summed E-state index contributed by atoms with van der Waals surface area (Å²) in [4.78, 5) is 52.7. The smallest absolute Gasteiger partial charge is 0.261 e. The van der Waals surface area contributed by atoms with Crippen LogP contribution in [0.3, 0.4) is 0 Å². The van der Waals surface area contributed by atoms with Gasteiger partial charge < -0.3 is 30.0 Å². The first-order valence-electron chi connectivity index (χ1n) is 13.1. The van der Waals surface area contributed by atoms with Crippen LogP contribution in [-0.4, -0.2) is 87.1 Å². The molecule has 1 atom stereocenters. The van der Waals surface area contributed by atoms with Gasteiger partial charge in [-0.15, -0.1) is 0 Å². The molecule has 40 heavy (non-hydrogen) atoms. The SMILES string of the molecule is Cc1ccc(OCC(O)CNc2cc[nH]c(=O)c2-c2nc3cc4c(cc3[nH]2)C(=O)N(C2CN(C)C2)C4=O)c(C)c1. The van der Waals surface area contributed by atoms with Gasteiger partial charge in [-0.25, -0.2) is 4.98 Å². The van der Waals surface area contributed by atoms with Gasteiger partial charge in [-0.3, -0.25) is 19.3 Å². The second-order valence-corrected chi connectivity index (χ2v) is 10.6. The van der Waals surface area contributed by atoms with Crippen molar-refractivity contribution >= 4 is 28.5 Å². The van der Waals surface area contributed by atoms with E-state index in [-0.39, 0.29) is 48.0 Å². The summed E-state index contributed by atoms with van der Waals surface area (Å²) in [6, 6.07) is 10.6. The number of aliphatic hydroxyl groups is 1. The largest absolute Gasteiger partial charge is 0.491 e. The third-order valence-electron chi connectivity index (χ3n) is 7.42. The third kappa shape index (κ3) is 4.52. The lowest BCUT2D eigenvalue weighted by molar-refractivity contribution is 0.0350. The van der Waals surface area contributed by atoms with Crippen LogP contribution in [0.4, 0.5) is 5.69 Å². The van der Waals surface area contributed by atoms with Gasteiger partial charge in [-0.2, -0.15) is 0 Å². The number of aryl methyl sites for hydroxylation is 2. The van der Waals surface area contributed by atoms with E-state index in [0.29, 0.717) is 46.7 Å². The van der Waals surface area contributed by atoms with Crippen molar-refractivity contribution in [3.8, 4) is 17.1 Å². The number of imide groups is 1. The van der Waals surface area contributed by atoms with Crippen molar-refractivity contribution in [1.82, 2.24) is 24.8 Å². The molecule has 0 saturated carbocycles. The van der Waals surface area contributed by atoms with E-state index in [9.17, 15) is 19.5 Å². The van der Waals surface area contributed by atoms with E-state index >= 15 is 0 Å². The molecule has 2 aromatic heterocycles. The maximum atomic E-state index is 13.1. The van der Waals surface area contributed by atoms with Gasteiger partial charge in [0.15, 0.2) is 0 Å². The summed E-state index contributed by atoms with van der Waals surface area (Å²) < 4.78 is 5.78. The number of benzene rings is 2. The molecule has 4 aromatic rings. The van der Waals surface area contributed by atoms with E-state index in [1.54, 1.807) is 18.2 Å². The molecule has 2 aliphatic heterocycles. The van der Waals surface area contributed by atoms with Crippen molar-refractivity contribution in [2.24, 2.45) is 0 Å². The summed E-state index contributed by atoms with van der Waals surface area (Å²) in [5, 5.41) is 13.7. The molecule has 1 fully saturated rings. The maximum absolute atomic E-state index is 13.1. The number of rotatable bonds is 8. The number of fused-ring (bicyclic) bond motifs is 2. The number of aromatic nitrogens is 3. The van der Waals surface area contributed by atoms with Gasteiger partial charge in [0, 0.05) is 25.8 Å². The van der Waals surface area contributed by atoms with Crippen LogP contribution in [0.15, 0.2) is 47.4 Å². The topological polar surface area (TPSA) is 144 Å². The first kappa shape index (κ1) is 25.8. The number of aliphatic hydroxyl groups excluding tert-OH is 1. The van der Waals surface area contributed by atoms with E-state index in [0.717, 1.165) is 11.1 Å². The number of amides is 2. The van der Waals surface area contributed by atoms with Gasteiger partial charge in [0.2, 0.25) is 0 Å². The van der Waals surface area contributed by atoms with Gasteiger partial charge in [-0.05, 0) is 50.7 Å². The minimum Gasteiger partial charge on any atom is -0.491 e. The monoisotopic (exact) mass is 542 g/mol. The van der Waals surface area contributed by atoms with Crippen LogP contribution < -0.4 is 15.6 Å². The predicted molar refractivity (Wildman–Crippen MR) is 150 cm³/mol. The predicted octanol–water partition coefficient (Wildman–Crippen LogP) is 2.30. The molecule has 0 aliphatic carbocycles. The molecule has 11 nitrogen and oxygen atoms in total. The lowest BCUT2D eigenvalue weighted by Gasteiger charge is -2.40. The number of ether oxygens (including phenoxy) is 1. The minimum absolute atomic E-state index is 0.0713. The fraction of sp³-hybridized carbons (Fsp3) is 0.310. The number of carbonyl (C=O) groups excluding carboxylic acids is 2. The standard InChI is InChI=1S/C29H30N6O5/c1-15-4-5-24(16(2)8-15)40-14-18(36)11-31-21-6-7-30-27(37)25(21)26-32-22-9-19-20(10-23(22)33-26)29(39)35(28(19)38)17-12-34(3)13-17/h4-10,17-18,36H,11-14H2,1-3H3,(H,32,33)(H2,30,31,37). The lowest BCUT2D eigenvalue weighted by Crippen LogP contribution is -2.59. The Morgan fingerprint density at radius 3 is 2.58 bits per heavy atom. The highest BCUT2D eigenvalue weighted by atomic mass is 16.5. The van der Waals surface area contributed by atoms with Gasteiger partial charge in [0.25, 0.3) is 17.4 Å². The van der Waals surface area contributed by atoms with E-state index in [2.05, 4.69) is 20.3 Å². The molecule has 0 bridgehead atoms. The molecule has 2 amide bonds. The summed E-state index contributed by atoms with van der Waals surface area (Å²) in [6.07, 6.45) is 0.662. The number of nitrogens with zero attached hydrogens (tertiary/aromatic N) is 3. The number of aromatic amines is 2. The maximum Gasteiger partial charge on any atom is 0.261 e. The van der Waals surface area contributed by atoms with Crippen LogP contribution in [0.2, 0.25) is 0 Å². The second-order valence-electron chi connectivity index (χ2n) is 10.6. The summed E-state index contributed by atoms with van der Waals surface area (Å²) in [5.41, 5.74) is 4.10. The zero-order valence-corrected chi connectivity index (χ0v) is 22.4. The number of hydrogen-bond acceptors (Lipinski definition) is 8. The molecule has 11 heteroatoms. The third-order valence-corrected chi connectivity index (χ3v) is 7.42. The number of imidazole rings is 1. The Bertz CT molecular complexity index is 1650. The van der Waals surface area contributed by atoms with Gasteiger partial charge in [0.05, 0.1) is 33.9 Å². The molecule has 1 unspecified atom stereocenters. The number of pyridine rings is 1. The number of likely N-dealkylation sites (N-methyl/N-ethyl adjacent to an activating group) is 1. The molecule has 4 N–H and O–H groups in total. The first-order valence-corrected chi connectivity index (χ1v) is 13.1. The van der Waals surface area contributed by atoms with E-state index in [1.807, 2.05) is 44.0 Å². The van der Waals surface area contributed by atoms with Crippen molar-refractivity contribution in [2.45, 2.75) is 26.0 Å². The fourth-order valence-electron chi connectivity index (χ4n) is 5.34. The van der Waals surface area contributed by atoms with Crippen LogP contribution >= 0.6 is 0 Å². The quantitative estimate of drug-likeness (QED) is 0.248. The average Bonchev–Trinajstić information content (AvgIpc) is 3.41. The molecule has 1 saturated heterocycles. The Balaban J connectivity index is 1.21. The Labute approximate surface area is 229 Å². The number of carbonyl (C=O) groups is 2. The molecule has 0 spiro atoms. The van der Waals surface area contributed by atoms with Crippen molar-refractivity contribution in [3.63, 3.8) is 0 Å². The van der Waals surface area contributed by atoms with Crippen LogP contribution in [0, 0.1) is 13.8 Å². The molecule has 2 aliphatic rings. The van der Waals surface area contributed by atoms with Crippen molar-refractivity contribution in [1.29, 1.82) is 0 Å². The highest BCUT2D eigenvalue weighted by molar-refractivity contribution is 6.23. The number of anilines is 1. The van der Waals surface area contributed by atoms with Gasteiger partial charge in [0.1, 0.15) is 29.8 Å². The summed E-state index contributed by atoms with van der Waals surface area (Å²) in [6.45, 7) is 5.47. The Hall–Kier alpha value is -4.48. The van der Waals surface area contributed by atoms with Crippen molar-refractivity contribution in [2.75, 3.05) is 38.6 Å². The van der Waals surface area contributed by atoms with Gasteiger partial charge >= 0.3 is 0 Å². The van der Waals surface area contributed by atoms with Crippen LogP contribution in [0.1, 0.15) is 31.8 Å². The Morgan fingerprint density at radius 2 is 1.85 bits per heavy atom. The zero-order chi connectivity index (χ0) is 28.1. The second kappa shape index (κ2) is 9.92. The number of hydrogen-bond donors (Lipinski definition) is 4. The summed E-state index contributed by atoms with van der Waals surface area (Å²) in [5.74, 6) is 0.354. The summed E-state index contributed by atoms with van der Waals surface area (Å²) >= 11 is 0. The Morgan fingerprint density at radius 1 is 1.10 bits per heavy atom. The lowest BCUT2D eigenvalue weighted by atomic mass is 10.1. The molecule has 2 aromatic carbocycles. The molecular formula is C29H30N6O5. The molecule has 0 radical (unpaired) electrons. The molecule has 6 rings (SSSR count). The van der Waals surface area contributed by atoms with Gasteiger partial charge in [-0.1, -0.05) is 17.7 Å². The number of H-pyrrole nitrogens is 2. The van der Waals surface area contributed by atoms with Crippen LogP contribution in [0.5, 0.6) is 5.75 Å². The Kier molecular flexibility index (Phi) is 6.40. The molecule has 206 valence electrons. The first-order chi connectivity index (χ1) is 19.2. The van der Waals surface area contributed by atoms with E-state index < -0.39 is 6.10 Å². The minimum atomic E-state index is -0.845. The van der Waals surface area contributed by atoms with Crippen LogP contribution in [-0.2, 0) is 0 Å². The van der Waals surface area contributed by atoms with Crippen LogP contribution in [0.25, 0.3) is 22.4 Å². The zero-order valence-electron chi connectivity index (χ0n) is 22.4. The molecule has 4 heterocycles. The number of likely N-dealkylation sites (tertiary alicyclic amines) is 1. The van der Waals surface area contributed by atoms with Crippen molar-refractivity contribution in [3.05, 3.63) is 75.2 Å². The van der Waals surface area contributed by atoms with E-state index in [4.69, 9.17) is 4.74 Å². The summed E-state index contributed by atoms with van der Waals surface area (Å²) in [7, 11) is 1.94.